The minimum atomic E-state index is -0.104. The van der Waals surface area contributed by atoms with Crippen LogP contribution < -0.4 is 5.32 Å². The average molecular weight is 332 g/mol. The molecule has 130 valence electrons. The average Bonchev–Trinajstić information content (AvgIpc) is 3.17. The number of hydrogen-bond acceptors (Lipinski definition) is 5. The van der Waals surface area contributed by atoms with Crippen molar-refractivity contribution in [3.63, 3.8) is 0 Å². The van der Waals surface area contributed by atoms with Gasteiger partial charge in [0.15, 0.2) is 5.76 Å². The Hall–Kier alpha value is -2.38. The highest BCUT2D eigenvalue weighted by atomic mass is 16.5. The fraction of sp³-hybridized carbons (Fsp3) is 0.625. The van der Waals surface area contributed by atoms with Crippen LogP contribution in [0.5, 0.6) is 0 Å². The molecule has 0 bridgehead atoms. The van der Waals surface area contributed by atoms with Gasteiger partial charge < -0.3 is 14.7 Å². The minimum absolute atomic E-state index is 0.104. The molecule has 3 heterocycles. The third-order valence-corrected chi connectivity index (χ3v) is 4.45. The zero-order valence-electron chi connectivity index (χ0n) is 14.4. The van der Waals surface area contributed by atoms with Gasteiger partial charge in [-0.2, -0.15) is 0 Å². The lowest BCUT2D eigenvalue weighted by Crippen LogP contribution is -2.41. The first kappa shape index (κ1) is 16.5. The summed E-state index contributed by atoms with van der Waals surface area (Å²) < 4.78 is 7.03. The summed E-state index contributed by atoms with van der Waals surface area (Å²) in [6.45, 7) is 7.14. The lowest BCUT2D eigenvalue weighted by molar-refractivity contribution is 0.179. The van der Waals surface area contributed by atoms with Crippen molar-refractivity contribution in [1.82, 2.24) is 25.1 Å². The zero-order valence-corrected chi connectivity index (χ0v) is 14.4. The molecule has 1 saturated heterocycles. The highest BCUT2D eigenvalue weighted by molar-refractivity contribution is 5.90. The highest BCUT2D eigenvalue weighted by Gasteiger charge is 2.25. The lowest BCUT2D eigenvalue weighted by atomic mass is 10.1. The smallest absolute Gasteiger partial charge is 0.321 e. The quantitative estimate of drug-likeness (QED) is 0.930. The second-order valence-corrected chi connectivity index (χ2v) is 6.29. The predicted molar refractivity (Wildman–Crippen MR) is 88.9 cm³/mol. The minimum Gasteiger partial charge on any atom is -0.359 e. The van der Waals surface area contributed by atoms with E-state index in [2.05, 4.69) is 27.7 Å². The number of nitrogens with zero attached hydrogens (tertiary/aromatic N) is 5. The van der Waals surface area contributed by atoms with Crippen molar-refractivity contribution in [3.8, 4) is 0 Å². The Morgan fingerprint density at radius 3 is 2.75 bits per heavy atom. The zero-order chi connectivity index (χ0) is 17.1. The molecule has 2 aromatic heterocycles. The van der Waals surface area contributed by atoms with Crippen LogP contribution in [0.2, 0.25) is 0 Å². The highest BCUT2D eigenvalue weighted by Crippen LogP contribution is 2.24. The van der Waals surface area contributed by atoms with Gasteiger partial charge in [-0.15, -0.1) is 5.10 Å². The van der Waals surface area contributed by atoms with E-state index in [0.29, 0.717) is 36.3 Å². The molecule has 0 unspecified atom stereocenters. The van der Waals surface area contributed by atoms with Crippen LogP contribution in [-0.4, -0.2) is 44.2 Å². The van der Waals surface area contributed by atoms with Crippen molar-refractivity contribution < 1.29 is 9.32 Å². The summed E-state index contributed by atoms with van der Waals surface area (Å²) >= 11 is 0. The molecule has 8 nitrogen and oxygen atoms in total. The van der Waals surface area contributed by atoms with Crippen LogP contribution in [0.1, 0.15) is 49.4 Å². The molecule has 3 rings (SSSR count). The number of piperidine rings is 1. The number of carbonyl (C=O) groups is 1. The maximum atomic E-state index is 12.4. The van der Waals surface area contributed by atoms with Gasteiger partial charge in [0.05, 0.1) is 11.7 Å². The van der Waals surface area contributed by atoms with Gasteiger partial charge in [0.25, 0.3) is 0 Å². The van der Waals surface area contributed by atoms with Gasteiger partial charge in [-0.1, -0.05) is 23.7 Å². The number of urea groups is 1. The number of aromatic nitrogens is 4. The summed E-state index contributed by atoms with van der Waals surface area (Å²) in [7, 11) is 0. The van der Waals surface area contributed by atoms with Gasteiger partial charge in [-0.3, -0.25) is 0 Å². The van der Waals surface area contributed by atoms with Crippen LogP contribution >= 0.6 is 0 Å². The van der Waals surface area contributed by atoms with Gasteiger partial charge in [0.1, 0.15) is 11.4 Å². The van der Waals surface area contributed by atoms with E-state index in [9.17, 15) is 4.79 Å². The number of anilines is 1. The molecule has 2 amide bonds. The van der Waals surface area contributed by atoms with Crippen LogP contribution in [-0.2, 0) is 6.42 Å². The van der Waals surface area contributed by atoms with Gasteiger partial charge in [-0.05, 0) is 33.1 Å². The van der Waals surface area contributed by atoms with Crippen molar-refractivity contribution in [2.75, 3.05) is 18.4 Å². The molecule has 8 heteroatoms. The van der Waals surface area contributed by atoms with Crippen molar-refractivity contribution >= 4 is 11.7 Å². The van der Waals surface area contributed by atoms with Crippen LogP contribution in [0.3, 0.4) is 0 Å². The van der Waals surface area contributed by atoms with E-state index in [-0.39, 0.29) is 6.03 Å². The third kappa shape index (κ3) is 3.42. The van der Waals surface area contributed by atoms with Crippen LogP contribution in [0.25, 0.3) is 0 Å². The Balaban J connectivity index is 1.55. The van der Waals surface area contributed by atoms with E-state index >= 15 is 0 Å². The molecular weight excluding hydrogens is 308 g/mol. The molecule has 0 aliphatic carbocycles. The number of rotatable bonds is 4. The Kier molecular flexibility index (Phi) is 4.82. The molecule has 0 saturated carbocycles. The van der Waals surface area contributed by atoms with Crippen LogP contribution in [0, 0.1) is 13.8 Å². The number of aryl methyl sites for hydroxylation is 3. The summed E-state index contributed by atoms with van der Waals surface area (Å²) in [6.07, 6.45) is 5.82. The molecule has 1 aliphatic heterocycles. The van der Waals surface area contributed by atoms with E-state index in [0.717, 1.165) is 31.4 Å². The Morgan fingerprint density at radius 1 is 1.38 bits per heavy atom. The fourth-order valence-corrected chi connectivity index (χ4v) is 3.04. The van der Waals surface area contributed by atoms with Crippen molar-refractivity contribution in [2.45, 2.75) is 52.5 Å². The maximum absolute atomic E-state index is 12.4. The largest absolute Gasteiger partial charge is 0.359 e. The van der Waals surface area contributed by atoms with Crippen molar-refractivity contribution in [3.05, 3.63) is 23.3 Å². The molecule has 1 aliphatic rings. The molecular formula is C16H24N6O2. The number of nitrogens with one attached hydrogen (secondary N) is 1. The van der Waals surface area contributed by atoms with E-state index in [1.807, 2.05) is 22.7 Å². The Labute approximate surface area is 141 Å². The Bertz CT molecular complexity index is 680. The van der Waals surface area contributed by atoms with Crippen LogP contribution in [0.15, 0.2) is 10.7 Å². The summed E-state index contributed by atoms with van der Waals surface area (Å²) in [5.74, 6) is 0.627. The van der Waals surface area contributed by atoms with Gasteiger partial charge in [-0.25, -0.2) is 9.48 Å². The number of amides is 2. The number of likely N-dealkylation sites (tertiary alicyclic amines) is 1. The third-order valence-electron chi connectivity index (χ3n) is 4.45. The summed E-state index contributed by atoms with van der Waals surface area (Å²) in [5.41, 5.74) is 2.40. The van der Waals surface area contributed by atoms with E-state index < -0.39 is 0 Å². The standard InChI is InChI=1S/C16H24N6O2/c1-4-5-13-10-22(20-18-13)14-6-8-21(9-7-14)16(23)17-15-11(2)19-24-12(15)3/h10,14H,4-9H2,1-3H3,(H,17,23). The lowest BCUT2D eigenvalue weighted by Gasteiger charge is -2.31. The maximum Gasteiger partial charge on any atom is 0.321 e. The van der Waals surface area contributed by atoms with Crippen molar-refractivity contribution in [2.24, 2.45) is 0 Å². The van der Waals surface area contributed by atoms with Crippen LogP contribution in [0.4, 0.5) is 10.5 Å². The van der Waals surface area contributed by atoms with E-state index in [1.54, 1.807) is 6.92 Å². The monoisotopic (exact) mass is 332 g/mol. The SMILES string of the molecule is CCCc1cn(C2CCN(C(=O)Nc3c(C)noc3C)CC2)nn1. The molecule has 1 fully saturated rings. The molecule has 24 heavy (non-hydrogen) atoms. The number of carbonyl (C=O) groups excluding carboxylic acids is 1. The fourth-order valence-electron chi connectivity index (χ4n) is 3.04. The molecule has 2 aromatic rings. The van der Waals surface area contributed by atoms with Gasteiger partial charge in [0, 0.05) is 19.3 Å². The number of hydrogen-bond donors (Lipinski definition) is 1. The molecule has 1 N–H and O–H groups in total. The first-order valence-corrected chi connectivity index (χ1v) is 8.48. The first-order chi connectivity index (χ1) is 11.6. The Morgan fingerprint density at radius 2 is 2.12 bits per heavy atom. The second kappa shape index (κ2) is 7.02. The first-order valence-electron chi connectivity index (χ1n) is 8.48. The molecule has 0 atom stereocenters. The topological polar surface area (TPSA) is 89.1 Å². The summed E-state index contributed by atoms with van der Waals surface area (Å²) in [6, 6.07) is 0.208. The second-order valence-electron chi connectivity index (χ2n) is 6.29. The molecule has 0 radical (unpaired) electrons. The van der Waals surface area contributed by atoms with E-state index in [1.165, 1.54) is 0 Å². The van der Waals surface area contributed by atoms with Gasteiger partial charge in [0.2, 0.25) is 0 Å². The summed E-state index contributed by atoms with van der Waals surface area (Å²) in [5, 5.41) is 15.2. The van der Waals surface area contributed by atoms with Gasteiger partial charge >= 0.3 is 6.03 Å². The normalized spacial score (nSPS) is 15.7. The molecule has 0 aromatic carbocycles. The summed E-state index contributed by atoms with van der Waals surface area (Å²) in [4.78, 5) is 14.2. The predicted octanol–water partition coefficient (Wildman–Crippen LogP) is 2.70. The van der Waals surface area contributed by atoms with E-state index in [4.69, 9.17) is 4.52 Å². The van der Waals surface area contributed by atoms with Crippen molar-refractivity contribution in [1.29, 1.82) is 0 Å². The molecule has 0 spiro atoms.